The third-order valence-corrected chi connectivity index (χ3v) is 1.98. The van der Waals surface area contributed by atoms with Gasteiger partial charge in [0.25, 0.3) is 11.2 Å². The van der Waals surface area contributed by atoms with E-state index in [1.54, 1.807) is 6.07 Å². The maximum atomic E-state index is 12.9. The fourth-order valence-electron chi connectivity index (χ4n) is 1.14. The summed E-state index contributed by atoms with van der Waals surface area (Å²) in [5.74, 6) is -0.119. The zero-order chi connectivity index (χ0) is 10.1. The highest BCUT2D eigenvalue weighted by Gasteiger charge is 2.10. The van der Waals surface area contributed by atoms with Crippen molar-refractivity contribution in [1.29, 1.82) is 0 Å². The molecular formula is C9H6ClFN2O. The Morgan fingerprint density at radius 3 is 2.86 bits per heavy atom. The van der Waals surface area contributed by atoms with Gasteiger partial charge in [-0.05, 0) is 41.4 Å². The Morgan fingerprint density at radius 2 is 2.21 bits per heavy atom. The third-order valence-electron chi connectivity index (χ3n) is 1.83. The summed E-state index contributed by atoms with van der Waals surface area (Å²) in [6, 6.07) is 4.35. The van der Waals surface area contributed by atoms with E-state index in [-0.39, 0.29) is 17.0 Å². The fraction of sp³-hybridized carbons (Fsp3) is 0.111. The highest BCUT2D eigenvalue weighted by Crippen LogP contribution is 2.23. The van der Waals surface area contributed by atoms with Crippen LogP contribution in [0.4, 0.5) is 4.39 Å². The summed E-state index contributed by atoms with van der Waals surface area (Å²) in [6.07, 6.45) is 0. The number of hydrogen-bond donors (Lipinski definition) is 0. The van der Waals surface area contributed by atoms with Crippen LogP contribution in [0.5, 0.6) is 0 Å². The topological polar surface area (TPSA) is 38.9 Å². The summed E-state index contributed by atoms with van der Waals surface area (Å²) < 4.78 is 17.7. The van der Waals surface area contributed by atoms with Gasteiger partial charge in [0.15, 0.2) is 0 Å². The van der Waals surface area contributed by atoms with Crippen LogP contribution < -0.4 is 0 Å². The Hall–Kier alpha value is -1.42. The second kappa shape index (κ2) is 3.38. The molecule has 0 unspecified atom stereocenters. The van der Waals surface area contributed by atoms with E-state index in [1.807, 2.05) is 6.92 Å². The Labute approximate surface area is 84.5 Å². The van der Waals surface area contributed by atoms with Crippen LogP contribution in [0.15, 0.2) is 22.7 Å². The summed E-state index contributed by atoms with van der Waals surface area (Å²) in [4.78, 5) is 3.80. The van der Waals surface area contributed by atoms with Crippen LogP contribution in [0.2, 0.25) is 5.28 Å². The largest absolute Gasteiger partial charge is 0.333 e. The van der Waals surface area contributed by atoms with E-state index < -0.39 is 0 Å². The normalized spacial score (nSPS) is 10.5. The molecule has 1 aromatic heterocycles. The summed E-state index contributed by atoms with van der Waals surface area (Å²) >= 11 is 5.49. The molecule has 2 rings (SSSR count). The summed E-state index contributed by atoms with van der Waals surface area (Å²) in [5.41, 5.74) is 1.41. The highest BCUT2D eigenvalue weighted by atomic mass is 35.5. The molecule has 0 fully saturated rings. The molecule has 0 N–H and O–H groups in total. The smallest absolute Gasteiger partial charge is 0.264 e. The van der Waals surface area contributed by atoms with Crippen molar-refractivity contribution in [3.05, 3.63) is 34.9 Å². The van der Waals surface area contributed by atoms with Crippen LogP contribution in [-0.2, 0) is 0 Å². The maximum absolute atomic E-state index is 12.9. The number of nitrogens with zero attached hydrogens (tertiary/aromatic N) is 2. The van der Waals surface area contributed by atoms with E-state index in [2.05, 4.69) is 10.1 Å². The van der Waals surface area contributed by atoms with Gasteiger partial charge in [0.1, 0.15) is 5.82 Å². The number of aromatic nitrogens is 2. The summed E-state index contributed by atoms with van der Waals surface area (Å²) in [7, 11) is 0. The first kappa shape index (κ1) is 9.15. The average Bonchev–Trinajstić information content (AvgIpc) is 2.56. The first-order valence-electron chi connectivity index (χ1n) is 3.92. The van der Waals surface area contributed by atoms with Crippen molar-refractivity contribution in [3.63, 3.8) is 0 Å². The molecule has 0 spiro atoms. The monoisotopic (exact) mass is 212 g/mol. The number of rotatable bonds is 1. The van der Waals surface area contributed by atoms with Crippen molar-refractivity contribution in [1.82, 2.24) is 10.1 Å². The first-order chi connectivity index (χ1) is 6.66. The molecule has 5 heteroatoms. The second-order valence-corrected chi connectivity index (χ2v) is 3.17. The van der Waals surface area contributed by atoms with E-state index >= 15 is 0 Å². The lowest BCUT2D eigenvalue weighted by Gasteiger charge is -1.99. The van der Waals surface area contributed by atoms with Gasteiger partial charge in [-0.15, -0.1) is 0 Å². The van der Waals surface area contributed by atoms with E-state index in [1.165, 1.54) is 12.1 Å². The van der Waals surface area contributed by atoms with Gasteiger partial charge in [0, 0.05) is 5.56 Å². The lowest BCUT2D eigenvalue weighted by atomic mass is 10.1. The number of hydrogen-bond acceptors (Lipinski definition) is 3. The molecule has 1 aromatic carbocycles. The molecule has 3 nitrogen and oxygen atoms in total. The highest BCUT2D eigenvalue weighted by molar-refractivity contribution is 6.28. The molecule has 0 aliphatic heterocycles. The lowest BCUT2D eigenvalue weighted by Crippen LogP contribution is -1.85. The van der Waals surface area contributed by atoms with E-state index in [0.717, 1.165) is 5.56 Å². The maximum Gasteiger partial charge on any atom is 0.264 e. The van der Waals surface area contributed by atoms with Crippen LogP contribution >= 0.6 is 11.6 Å². The van der Waals surface area contributed by atoms with Gasteiger partial charge in [0.2, 0.25) is 0 Å². The van der Waals surface area contributed by atoms with Crippen LogP contribution in [0.1, 0.15) is 5.56 Å². The Morgan fingerprint density at radius 1 is 1.43 bits per heavy atom. The van der Waals surface area contributed by atoms with Gasteiger partial charge in [-0.25, -0.2) is 4.39 Å². The van der Waals surface area contributed by atoms with Gasteiger partial charge in [-0.3, -0.25) is 0 Å². The van der Waals surface area contributed by atoms with Crippen LogP contribution in [-0.4, -0.2) is 10.1 Å². The Bertz CT molecular complexity index is 470. The van der Waals surface area contributed by atoms with Crippen molar-refractivity contribution in [2.45, 2.75) is 6.92 Å². The van der Waals surface area contributed by atoms with E-state index in [9.17, 15) is 4.39 Å². The molecule has 0 saturated carbocycles. The quantitative estimate of drug-likeness (QED) is 0.730. The van der Waals surface area contributed by atoms with Gasteiger partial charge < -0.3 is 4.52 Å². The molecule has 0 radical (unpaired) electrons. The Kier molecular flexibility index (Phi) is 2.21. The SMILES string of the molecule is Cc1ccc(F)cc1-c1nc(Cl)no1. The predicted octanol–water partition coefficient (Wildman–Crippen LogP) is 2.84. The second-order valence-electron chi connectivity index (χ2n) is 2.83. The molecule has 1 heterocycles. The molecule has 2 aromatic rings. The summed E-state index contributed by atoms with van der Waals surface area (Å²) in [5, 5.41) is 3.44. The third kappa shape index (κ3) is 1.61. The van der Waals surface area contributed by atoms with Gasteiger partial charge >= 0.3 is 0 Å². The van der Waals surface area contributed by atoms with Gasteiger partial charge in [-0.2, -0.15) is 4.98 Å². The fourth-order valence-corrected chi connectivity index (χ4v) is 1.25. The standard InChI is InChI=1S/C9H6ClFN2O/c1-5-2-3-6(11)4-7(5)8-12-9(10)13-14-8/h2-4H,1H3. The van der Waals surface area contributed by atoms with Crippen LogP contribution in [0.25, 0.3) is 11.5 Å². The molecule has 0 amide bonds. The van der Waals surface area contributed by atoms with Crippen molar-refractivity contribution in [3.8, 4) is 11.5 Å². The van der Waals surface area contributed by atoms with Gasteiger partial charge in [0.05, 0.1) is 0 Å². The predicted molar refractivity (Wildman–Crippen MR) is 49.4 cm³/mol. The lowest BCUT2D eigenvalue weighted by molar-refractivity contribution is 0.430. The van der Waals surface area contributed by atoms with Crippen LogP contribution in [0.3, 0.4) is 0 Å². The van der Waals surface area contributed by atoms with Gasteiger partial charge in [-0.1, -0.05) is 6.07 Å². The molecular weight excluding hydrogens is 207 g/mol. The minimum atomic E-state index is -0.347. The van der Waals surface area contributed by atoms with Crippen molar-refractivity contribution < 1.29 is 8.91 Å². The van der Waals surface area contributed by atoms with Crippen molar-refractivity contribution in [2.75, 3.05) is 0 Å². The Balaban J connectivity index is 2.55. The average molecular weight is 213 g/mol. The zero-order valence-corrected chi connectivity index (χ0v) is 8.05. The molecule has 14 heavy (non-hydrogen) atoms. The molecule has 0 aliphatic rings. The summed E-state index contributed by atoms with van der Waals surface area (Å²) in [6.45, 7) is 1.83. The van der Waals surface area contributed by atoms with Crippen LogP contribution in [0, 0.1) is 12.7 Å². The minimum Gasteiger partial charge on any atom is -0.333 e. The molecule has 0 bridgehead atoms. The molecule has 0 saturated heterocycles. The zero-order valence-electron chi connectivity index (χ0n) is 7.29. The molecule has 72 valence electrons. The number of benzene rings is 1. The number of aryl methyl sites for hydroxylation is 1. The van der Waals surface area contributed by atoms with E-state index in [0.29, 0.717) is 5.56 Å². The van der Waals surface area contributed by atoms with E-state index in [4.69, 9.17) is 16.1 Å². The first-order valence-corrected chi connectivity index (χ1v) is 4.30. The minimum absolute atomic E-state index is 0.0173. The van der Waals surface area contributed by atoms with Crippen molar-refractivity contribution >= 4 is 11.6 Å². The molecule has 0 atom stereocenters. The van der Waals surface area contributed by atoms with Crippen molar-refractivity contribution in [2.24, 2.45) is 0 Å². The number of halogens is 2. The molecule has 0 aliphatic carbocycles.